The number of halogens is 3. The van der Waals surface area contributed by atoms with E-state index in [-0.39, 0.29) is 18.0 Å². The van der Waals surface area contributed by atoms with Gasteiger partial charge in [0, 0.05) is 25.2 Å². The fourth-order valence-corrected chi connectivity index (χ4v) is 2.34. The van der Waals surface area contributed by atoms with E-state index in [1.807, 2.05) is 0 Å². The van der Waals surface area contributed by atoms with Crippen molar-refractivity contribution in [2.45, 2.75) is 12.7 Å². The molecule has 0 saturated carbocycles. The first-order valence-electron chi connectivity index (χ1n) is 8.25. The zero-order chi connectivity index (χ0) is 20.7. The van der Waals surface area contributed by atoms with Crippen molar-refractivity contribution >= 4 is 17.9 Å². The Bertz CT molecular complexity index is 862. The third-order valence-electron chi connectivity index (χ3n) is 3.94. The molecule has 0 atom stereocenters. The first kappa shape index (κ1) is 21.2. The van der Waals surface area contributed by atoms with Gasteiger partial charge in [-0.05, 0) is 35.4 Å². The molecule has 2 rings (SSSR count). The van der Waals surface area contributed by atoms with Crippen LogP contribution in [0.2, 0.25) is 0 Å². The van der Waals surface area contributed by atoms with Gasteiger partial charge in [-0.3, -0.25) is 14.4 Å². The Morgan fingerprint density at radius 1 is 1.11 bits per heavy atom. The quantitative estimate of drug-likeness (QED) is 0.603. The molecule has 8 heteroatoms. The van der Waals surface area contributed by atoms with Gasteiger partial charge in [-0.15, -0.1) is 0 Å². The van der Waals surface area contributed by atoms with Crippen LogP contribution in [0.1, 0.15) is 27.0 Å². The van der Waals surface area contributed by atoms with Gasteiger partial charge >= 0.3 is 6.18 Å². The molecule has 2 aromatic carbocycles. The SMILES string of the molecule is CON(C)C(=O)/C=C/c1ccc(C(=O)NCc2ccccc2C(F)(F)F)cc1. The van der Waals surface area contributed by atoms with Gasteiger partial charge in [-0.1, -0.05) is 30.3 Å². The molecular weight excluding hydrogens is 373 g/mol. The fourth-order valence-electron chi connectivity index (χ4n) is 2.34. The Labute approximate surface area is 160 Å². The minimum absolute atomic E-state index is 0.0105. The average Bonchev–Trinajstić information content (AvgIpc) is 2.69. The highest BCUT2D eigenvalue weighted by molar-refractivity contribution is 5.94. The van der Waals surface area contributed by atoms with Crippen molar-refractivity contribution in [1.82, 2.24) is 10.4 Å². The lowest BCUT2D eigenvalue weighted by molar-refractivity contribution is -0.162. The minimum Gasteiger partial charge on any atom is -0.348 e. The Kier molecular flexibility index (Phi) is 6.94. The van der Waals surface area contributed by atoms with Gasteiger partial charge in [0.15, 0.2) is 0 Å². The number of benzene rings is 2. The maximum atomic E-state index is 13.0. The molecule has 0 heterocycles. The van der Waals surface area contributed by atoms with Gasteiger partial charge in [0.25, 0.3) is 11.8 Å². The highest BCUT2D eigenvalue weighted by Crippen LogP contribution is 2.31. The maximum Gasteiger partial charge on any atom is 0.416 e. The number of carbonyl (C=O) groups is 2. The lowest BCUT2D eigenvalue weighted by atomic mass is 10.1. The van der Waals surface area contributed by atoms with Crippen molar-refractivity contribution in [2.75, 3.05) is 14.2 Å². The monoisotopic (exact) mass is 392 g/mol. The molecule has 0 aliphatic heterocycles. The Hall–Kier alpha value is -3.13. The highest BCUT2D eigenvalue weighted by atomic mass is 19.4. The number of hydrogen-bond acceptors (Lipinski definition) is 3. The van der Waals surface area contributed by atoms with E-state index in [2.05, 4.69) is 5.32 Å². The smallest absolute Gasteiger partial charge is 0.348 e. The van der Waals surface area contributed by atoms with Crippen molar-refractivity contribution < 1.29 is 27.6 Å². The summed E-state index contributed by atoms with van der Waals surface area (Å²) in [4.78, 5) is 28.6. The van der Waals surface area contributed by atoms with E-state index < -0.39 is 17.6 Å². The highest BCUT2D eigenvalue weighted by Gasteiger charge is 2.32. The molecule has 148 valence electrons. The van der Waals surface area contributed by atoms with Crippen LogP contribution < -0.4 is 5.32 Å². The molecule has 0 aliphatic rings. The van der Waals surface area contributed by atoms with Crippen LogP contribution in [0.5, 0.6) is 0 Å². The van der Waals surface area contributed by atoms with Crippen LogP contribution in [0.3, 0.4) is 0 Å². The number of likely N-dealkylation sites (N-methyl/N-ethyl adjacent to an activating group) is 1. The summed E-state index contributed by atoms with van der Waals surface area (Å²) in [5.41, 5.74) is 0.184. The van der Waals surface area contributed by atoms with Crippen LogP contribution in [0, 0.1) is 0 Å². The second-order valence-electron chi connectivity index (χ2n) is 5.81. The first-order valence-corrected chi connectivity index (χ1v) is 8.25. The molecule has 0 radical (unpaired) electrons. The zero-order valence-corrected chi connectivity index (χ0v) is 15.3. The molecule has 1 N–H and O–H groups in total. The summed E-state index contributed by atoms with van der Waals surface area (Å²) in [6.45, 7) is -0.242. The van der Waals surface area contributed by atoms with Gasteiger partial charge < -0.3 is 5.32 Å². The molecule has 2 amide bonds. The van der Waals surface area contributed by atoms with E-state index in [9.17, 15) is 22.8 Å². The predicted molar refractivity (Wildman–Crippen MR) is 97.9 cm³/mol. The molecule has 2 aromatic rings. The second-order valence-corrected chi connectivity index (χ2v) is 5.81. The number of carbonyl (C=O) groups excluding carboxylic acids is 2. The van der Waals surface area contributed by atoms with Crippen LogP contribution in [-0.2, 0) is 22.4 Å². The van der Waals surface area contributed by atoms with Crippen LogP contribution in [0.4, 0.5) is 13.2 Å². The summed E-state index contributed by atoms with van der Waals surface area (Å²) in [6.07, 6.45) is -1.62. The van der Waals surface area contributed by atoms with Crippen LogP contribution in [0.25, 0.3) is 6.08 Å². The largest absolute Gasteiger partial charge is 0.416 e. The third kappa shape index (κ3) is 5.68. The molecule has 0 aliphatic carbocycles. The van der Waals surface area contributed by atoms with Crippen molar-refractivity contribution in [3.8, 4) is 0 Å². The molecule has 0 unspecified atom stereocenters. The molecule has 28 heavy (non-hydrogen) atoms. The maximum absolute atomic E-state index is 13.0. The summed E-state index contributed by atoms with van der Waals surface area (Å²) in [6, 6.07) is 11.4. The summed E-state index contributed by atoms with van der Waals surface area (Å²) in [5, 5.41) is 3.54. The van der Waals surface area contributed by atoms with Gasteiger partial charge in [0.1, 0.15) is 0 Å². The van der Waals surface area contributed by atoms with Crippen LogP contribution in [-0.4, -0.2) is 31.0 Å². The Morgan fingerprint density at radius 2 is 1.75 bits per heavy atom. The van der Waals surface area contributed by atoms with Gasteiger partial charge in [0.05, 0.1) is 12.7 Å². The number of rotatable bonds is 6. The van der Waals surface area contributed by atoms with Gasteiger partial charge in [-0.25, -0.2) is 5.06 Å². The summed E-state index contributed by atoms with van der Waals surface area (Å²) in [5.74, 6) is -0.852. The Balaban J connectivity index is 2.01. The van der Waals surface area contributed by atoms with Gasteiger partial charge in [-0.2, -0.15) is 13.2 Å². The normalized spacial score (nSPS) is 11.5. The Morgan fingerprint density at radius 3 is 2.36 bits per heavy atom. The number of alkyl halides is 3. The van der Waals surface area contributed by atoms with Crippen molar-refractivity contribution in [2.24, 2.45) is 0 Å². The first-order chi connectivity index (χ1) is 13.2. The second kappa shape index (κ2) is 9.18. The molecule has 0 fully saturated rings. The van der Waals surface area contributed by atoms with Crippen molar-refractivity contribution in [3.63, 3.8) is 0 Å². The lowest BCUT2D eigenvalue weighted by Crippen LogP contribution is -2.24. The van der Waals surface area contributed by atoms with Crippen LogP contribution >= 0.6 is 0 Å². The predicted octanol–water partition coefficient (Wildman–Crippen LogP) is 3.67. The number of amides is 2. The number of nitrogens with one attached hydrogen (secondary N) is 1. The van der Waals surface area contributed by atoms with E-state index in [1.54, 1.807) is 18.2 Å². The topological polar surface area (TPSA) is 58.6 Å². The molecule has 5 nitrogen and oxygen atoms in total. The summed E-state index contributed by atoms with van der Waals surface area (Å²) in [7, 11) is 2.84. The number of nitrogens with zero attached hydrogens (tertiary/aromatic N) is 1. The van der Waals surface area contributed by atoms with E-state index in [4.69, 9.17) is 4.84 Å². The number of hydroxylamine groups is 2. The van der Waals surface area contributed by atoms with E-state index in [1.165, 1.54) is 50.6 Å². The van der Waals surface area contributed by atoms with E-state index in [0.29, 0.717) is 11.1 Å². The van der Waals surface area contributed by atoms with Crippen LogP contribution in [0.15, 0.2) is 54.6 Å². The summed E-state index contributed by atoms with van der Waals surface area (Å²) >= 11 is 0. The standard InChI is InChI=1S/C20H19F3N2O3/c1-25(28-2)18(26)12-9-14-7-10-15(11-8-14)19(27)24-13-16-5-3-4-6-17(16)20(21,22)23/h3-12H,13H2,1-2H3,(H,24,27)/b12-9+. The minimum atomic E-state index is -4.48. The molecule has 0 bridgehead atoms. The molecule has 0 saturated heterocycles. The average molecular weight is 392 g/mol. The van der Waals surface area contributed by atoms with Gasteiger partial charge in [0.2, 0.25) is 0 Å². The number of hydrogen-bond donors (Lipinski definition) is 1. The zero-order valence-electron chi connectivity index (χ0n) is 15.3. The molecular formula is C20H19F3N2O3. The fraction of sp³-hybridized carbons (Fsp3) is 0.200. The van der Waals surface area contributed by atoms with Crippen molar-refractivity contribution in [1.29, 1.82) is 0 Å². The molecule has 0 spiro atoms. The molecule has 0 aromatic heterocycles. The summed E-state index contributed by atoms with van der Waals surface area (Å²) < 4.78 is 39.0. The van der Waals surface area contributed by atoms with E-state index in [0.717, 1.165) is 11.1 Å². The van der Waals surface area contributed by atoms with Crippen molar-refractivity contribution in [3.05, 3.63) is 76.9 Å². The third-order valence-corrected chi connectivity index (χ3v) is 3.94. The van der Waals surface area contributed by atoms with E-state index >= 15 is 0 Å². The lowest BCUT2D eigenvalue weighted by Gasteiger charge is -2.13.